The van der Waals surface area contributed by atoms with Crippen molar-refractivity contribution in [2.24, 2.45) is 5.34 Å². The number of likely N-dealkylation sites (N-methyl/N-ethyl adjacent to an activating group) is 2. The second kappa shape index (κ2) is 25.7. The number of aromatic nitrogens is 2. The summed E-state index contributed by atoms with van der Waals surface area (Å²) in [7, 11) is -3.32. The minimum atomic E-state index is -3.87. The first kappa shape index (κ1) is 56.3. The van der Waals surface area contributed by atoms with Crippen LogP contribution in [0.4, 0.5) is 17.1 Å². The molecule has 9 rings (SSSR count). The molecule has 0 unspecified atom stereocenters. The van der Waals surface area contributed by atoms with E-state index in [9.17, 15) is 16.8 Å². The zero-order valence-electron chi connectivity index (χ0n) is 39.1. The third-order valence-corrected chi connectivity index (χ3v) is 15.7. The second-order valence-electron chi connectivity index (χ2n) is 16.4. The average Bonchev–Trinajstić information content (AvgIpc) is 3.79. The number of hydrogen-bond acceptors (Lipinski definition) is 15. The Morgan fingerprint density at radius 2 is 1.13 bits per heavy atom. The van der Waals surface area contributed by atoms with E-state index in [1.165, 1.54) is 0 Å². The van der Waals surface area contributed by atoms with E-state index in [0.717, 1.165) is 79.8 Å². The van der Waals surface area contributed by atoms with Crippen molar-refractivity contribution in [3.8, 4) is 11.5 Å². The van der Waals surface area contributed by atoms with E-state index in [0.29, 0.717) is 74.3 Å². The number of rotatable bonds is 13. The Morgan fingerprint density at radius 1 is 0.671 bits per heavy atom. The fraction of sp³-hybridized carbons (Fsp3) is 0.312. The minimum absolute atomic E-state index is 0. The smallest absolute Gasteiger partial charge is 0.490 e. The van der Waals surface area contributed by atoms with Crippen molar-refractivity contribution in [3.05, 3.63) is 125 Å². The van der Waals surface area contributed by atoms with Gasteiger partial charge in [0, 0.05) is 92.0 Å². The molecule has 368 valence electrons. The molecule has 2 aliphatic heterocycles. The summed E-state index contributed by atoms with van der Waals surface area (Å²) in [6.45, 7) is 7.74. The van der Waals surface area contributed by atoms with Crippen LogP contribution in [0, 0.1) is 10.1 Å². The number of alkyl halides is 2. The van der Waals surface area contributed by atoms with Crippen LogP contribution in [-0.4, -0.2) is 128 Å². The summed E-state index contributed by atoms with van der Waals surface area (Å²) in [6, 6.07) is 33.2. The molecular weight excluding hydrogens is 1010 g/mol. The van der Waals surface area contributed by atoms with Gasteiger partial charge in [-0.3, -0.25) is 5.10 Å². The Hall–Kier alpha value is -4.60. The zero-order chi connectivity index (χ0) is 48.4. The van der Waals surface area contributed by atoms with Gasteiger partial charge in [0.25, 0.3) is 0 Å². The van der Waals surface area contributed by atoms with Gasteiger partial charge in [-0.05, 0) is 54.7 Å². The number of nitrogens with zero attached hydrogens (tertiary/aromatic N) is 6. The van der Waals surface area contributed by atoms with E-state index in [-0.39, 0.29) is 57.6 Å². The third-order valence-electron chi connectivity index (χ3n) is 11.9. The third kappa shape index (κ3) is 13.1. The number of ether oxygens (including phenoxy) is 2. The number of nitrogens with two attached hydrogens (primary N) is 1. The molecule has 70 heavy (non-hydrogen) atoms. The molecular formula is C48H54Cl3N8NaO8S2. The molecule has 6 aromatic carbocycles. The molecule has 0 atom stereocenters. The van der Waals surface area contributed by atoms with Crippen molar-refractivity contribution in [2.75, 3.05) is 107 Å². The number of hydrogen-bond donors (Lipinski definition) is 2. The van der Waals surface area contributed by atoms with Crippen LogP contribution in [0.15, 0.2) is 129 Å². The number of halogens is 3. The molecule has 22 heteroatoms. The molecule has 7 aromatic rings. The standard InChI is InChI=1S/C24H25ClN4O3S.C24H28ClN3O3S.ClH.HNO2.Na/c1-28-10-12-29(13-11-28)18-15-20-23(21(16-18)32-14-9-25)26-27-24(20)33(30,31)22-8-4-6-17-5-2-3-7-19(17)22;1-27-10-12-28(13-11-27)20-15-19(24(26)22(16-20)31-14-9-25)17-32(29,30)23-8-4-6-18-5-2-3-7-21(18)23;;2-1-3;/h2-8,15-16H,9-14H2,1H3,(H,26,27);2-8,15-16H,9-14,17,26H2,1H3;1H;(H,2,3);/q;;;;+1/p-1. The van der Waals surface area contributed by atoms with Gasteiger partial charge >= 0.3 is 29.6 Å². The van der Waals surface area contributed by atoms with Gasteiger partial charge in [0.1, 0.15) is 30.2 Å². The molecule has 2 aliphatic rings. The Labute approximate surface area is 446 Å². The van der Waals surface area contributed by atoms with Gasteiger partial charge in [-0.25, -0.2) is 16.8 Å². The quantitative estimate of drug-likeness (QED) is 0.0491. The summed E-state index contributed by atoms with van der Waals surface area (Å²) in [6.07, 6.45) is 0. The van der Waals surface area contributed by atoms with Crippen LogP contribution in [0.1, 0.15) is 5.56 Å². The summed E-state index contributed by atoms with van der Waals surface area (Å²) >= 11 is 11.7. The molecule has 2 fully saturated rings. The van der Waals surface area contributed by atoms with Gasteiger partial charge in [0.05, 0.1) is 33.0 Å². The summed E-state index contributed by atoms with van der Waals surface area (Å²) < 4.78 is 66.3. The van der Waals surface area contributed by atoms with Gasteiger partial charge in [-0.1, -0.05) is 72.8 Å². The molecule has 3 N–H and O–H groups in total. The van der Waals surface area contributed by atoms with Crippen molar-refractivity contribution in [1.82, 2.24) is 20.0 Å². The van der Waals surface area contributed by atoms with E-state index in [2.05, 4.69) is 43.9 Å². The summed E-state index contributed by atoms with van der Waals surface area (Å²) in [4.78, 5) is 17.6. The first-order valence-corrected chi connectivity index (χ1v) is 26.1. The molecule has 1 aromatic heterocycles. The minimum Gasteiger partial charge on any atom is -0.490 e. The number of H-pyrrole nitrogens is 1. The largest absolute Gasteiger partial charge is 1.00 e. The predicted octanol–water partition coefficient (Wildman–Crippen LogP) is 5.36. The maximum atomic E-state index is 13.8. The number of aromatic amines is 1. The molecule has 0 amide bonds. The molecule has 16 nitrogen and oxygen atoms in total. The van der Waals surface area contributed by atoms with Gasteiger partial charge < -0.3 is 44.9 Å². The average molecular weight is 1060 g/mol. The first-order chi connectivity index (χ1) is 32.8. The Kier molecular flexibility index (Phi) is 20.7. The van der Waals surface area contributed by atoms with Crippen molar-refractivity contribution >= 4 is 105 Å². The molecule has 0 saturated carbocycles. The normalized spacial score (nSPS) is 14.4. The SMILES string of the molecule is CN1CCN(c2cc(CS(=O)(=O)c3cccc4ccccc34)c(N)c(OCCCl)c2)CC1.CN1CCN(c2cc(OCCCl)c3n[nH]c(S(=O)(=O)c4cccc5ccccc45)c3c2)CC1.Cl.O=N[O-].[Na+]. The molecule has 3 heterocycles. The summed E-state index contributed by atoms with van der Waals surface area (Å²) in [5.41, 5.74) is 9.58. The van der Waals surface area contributed by atoms with E-state index in [1.54, 1.807) is 24.3 Å². The van der Waals surface area contributed by atoms with Crippen LogP contribution in [0.5, 0.6) is 11.5 Å². The monoisotopic (exact) mass is 1060 g/mol. The van der Waals surface area contributed by atoms with Crippen LogP contribution >= 0.6 is 35.6 Å². The van der Waals surface area contributed by atoms with Crippen LogP contribution in [-0.2, 0) is 25.4 Å². The molecule has 0 aliphatic carbocycles. The van der Waals surface area contributed by atoms with Crippen molar-refractivity contribution in [3.63, 3.8) is 0 Å². The van der Waals surface area contributed by atoms with Crippen LogP contribution in [0.25, 0.3) is 32.4 Å². The zero-order valence-corrected chi connectivity index (χ0v) is 45.1. The van der Waals surface area contributed by atoms with Gasteiger partial charge in [0.2, 0.25) is 9.84 Å². The summed E-state index contributed by atoms with van der Waals surface area (Å²) in [5.74, 6) is 1.45. The second-order valence-corrected chi connectivity index (χ2v) is 20.9. The number of sulfone groups is 2. The van der Waals surface area contributed by atoms with Gasteiger partial charge in [-0.2, -0.15) is 5.10 Å². The van der Waals surface area contributed by atoms with Gasteiger partial charge in [-0.15, -0.1) is 40.9 Å². The van der Waals surface area contributed by atoms with Gasteiger partial charge in [0.15, 0.2) is 14.9 Å². The number of anilines is 3. The van der Waals surface area contributed by atoms with Crippen LogP contribution in [0.2, 0.25) is 0 Å². The summed E-state index contributed by atoms with van der Waals surface area (Å²) in [5, 5.41) is 19.9. The number of piperazine rings is 2. The van der Waals surface area contributed by atoms with E-state index < -0.39 is 19.7 Å². The predicted molar refractivity (Wildman–Crippen MR) is 279 cm³/mol. The van der Waals surface area contributed by atoms with Crippen LogP contribution in [0.3, 0.4) is 0 Å². The van der Waals surface area contributed by atoms with E-state index >= 15 is 0 Å². The maximum Gasteiger partial charge on any atom is 1.00 e. The van der Waals surface area contributed by atoms with Crippen molar-refractivity contribution in [2.45, 2.75) is 20.6 Å². The van der Waals surface area contributed by atoms with Crippen molar-refractivity contribution < 1.29 is 55.9 Å². The molecule has 0 radical (unpaired) electrons. The number of fused-ring (bicyclic) bond motifs is 3. The maximum absolute atomic E-state index is 13.8. The fourth-order valence-corrected chi connectivity index (χ4v) is 11.7. The Balaban J connectivity index is 0.000000241. The molecule has 0 spiro atoms. The number of nitrogens with one attached hydrogen (secondary N) is 1. The van der Waals surface area contributed by atoms with E-state index in [4.69, 9.17) is 48.5 Å². The topological polar surface area (TPSA) is 207 Å². The molecule has 0 bridgehead atoms. The van der Waals surface area contributed by atoms with Crippen molar-refractivity contribution in [1.29, 1.82) is 0 Å². The fourth-order valence-electron chi connectivity index (χ4n) is 8.35. The number of benzene rings is 6. The molecule has 2 saturated heterocycles. The Bertz CT molecular complexity index is 3090. The Morgan fingerprint density at radius 3 is 1.67 bits per heavy atom. The first-order valence-electron chi connectivity index (χ1n) is 21.9. The number of nitrogen functional groups attached to an aromatic ring is 1. The van der Waals surface area contributed by atoms with Crippen LogP contribution < -0.4 is 54.6 Å². The van der Waals surface area contributed by atoms with E-state index in [1.807, 2.05) is 84.9 Å².